The van der Waals surface area contributed by atoms with Gasteiger partial charge < -0.3 is 29.0 Å². The number of carbonyl (C=O) groups is 2. The first-order valence-corrected chi connectivity index (χ1v) is 15.1. The Morgan fingerprint density at radius 3 is 2.42 bits per heavy atom. The molecule has 1 aliphatic rings. The van der Waals surface area contributed by atoms with Gasteiger partial charge in [0.05, 0.1) is 24.2 Å². The number of carbonyl (C=O) groups excluding carboxylic acids is 1. The molecule has 1 aromatic heterocycles. The average Bonchev–Trinajstić information content (AvgIpc) is 3.33. The van der Waals surface area contributed by atoms with Crippen LogP contribution in [-0.4, -0.2) is 82.8 Å². The highest BCUT2D eigenvalue weighted by atomic mass is 28.4. The minimum atomic E-state index is -2.15. The number of likely N-dealkylation sites (tertiary alicyclic amines) is 1. The molecule has 1 fully saturated rings. The second-order valence-corrected chi connectivity index (χ2v) is 16.6. The van der Waals surface area contributed by atoms with Gasteiger partial charge in [-0.1, -0.05) is 20.8 Å². The number of esters is 1. The zero-order chi connectivity index (χ0) is 27.1. The topological polar surface area (TPSA) is 123 Å². The van der Waals surface area contributed by atoms with E-state index in [1.165, 1.54) is 4.90 Å². The van der Waals surface area contributed by atoms with E-state index in [1.54, 1.807) is 43.7 Å². The van der Waals surface area contributed by atoms with Gasteiger partial charge in [0.1, 0.15) is 18.0 Å². The third kappa shape index (κ3) is 6.57. The van der Waals surface area contributed by atoms with Crippen molar-refractivity contribution in [2.45, 2.75) is 83.5 Å². The molecule has 200 valence electrons. The van der Waals surface area contributed by atoms with Crippen LogP contribution in [0.15, 0.2) is 24.4 Å². The largest absolute Gasteiger partial charge is 0.490 e. The number of ether oxygens (including phenoxy) is 2. The number of hydrogen-bond donors (Lipinski definition) is 2. The number of hydrogen-bond acceptors (Lipinski definition) is 7. The maximum Gasteiger partial charge on any atom is 0.407 e. The molecule has 1 aliphatic heterocycles. The van der Waals surface area contributed by atoms with Crippen molar-refractivity contribution in [1.82, 2.24) is 14.7 Å². The van der Waals surface area contributed by atoms with Crippen LogP contribution in [0.2, 0.25) is 18.1 Å². The Labute approximate surface area is 213 Å². The Kier molecular flexibility index (Phi) is 7.78. The molecule has 2 aromatic rings. The molecule has 0 aliphatic carbocycles. The van der Waals surface area contributed by atoms with Gasteiger partial charge in [0.25, 0.3) is 0 Å². The van der Waals surface area contributed by atoms with Crippen molar-refractivity contribution >= 4 is 31.3 Å². The standard InChI is InChI=1S/C25H39N3O7Si/c1-24(2,3)34-22(30)20(29)15-33-17-9-10-18-16(11-17)12-28(26-18)19-13-27(23(31)32)14-21(19)35-36(7,8)25(4,5)6/h9-12,19-21,29H,13-15H2,1-8H3,(H,31,32)/t19-,20?,21+/m1/s1. The van der Waals surface area contributed by atoms with Gasteiger partial charge in [-0.3, -0.25) is 4.68 Å². The lowest BCUT2D eigenvalue weighted by Crippen LogP contribution is -2.46. The summed E-state index contributed by atoms with van der Waals surface area (Å²) in [7, 11) is -2.15. The third-order valence-corrected chi connectivity index (χ3v) is 11.2. The van der Waals surface area contributed by atoms with Crippen molar-refractivity contribution in [1.29, 1.82) is 0 Å². The molecule has 3 atom stereocenters. The number of benzene rings is 1. The van der Waals surface area contributed by atoms with Crippen molar-refractivity contribution in [2.24, 2.45) is 0 Å². The van der Waals surface area contributed by atoms with Gasteiger partial charge in [-0.15, -0.1) is 0 Å². The zero-order valence-corrected chi connectivity index (χ0v) is 23.4. The number of carboxylic acid groups (broad SMARTS) is 1. The zero-order valence-electron chi connectivity index (χ0n) is 22.4. The first-order valence-electron chi connectivity index (χ1n) is 12.2. The third-order valence-electron chi connectivity index (χ3n) is 6.68. The molecule has 0 spiro atoms. The fourth-order valence-corrected chi connectivity index (χ4v) is 5.08. The molecule has 3 rings (SSSR count). The maximum atomic E-state index is 12.0. The van der Waals surface area contributed by atoms with Gasteiger partial charge in [0.15, 0.2) is 14.4 Å². The van der Waals surface area contributed by atoms with E-state index < -0.39 is 32.1 Å². The van der Waals surface area contributed by atoms with Gasteiger partial charge in [0, 0.05) is 18.1 Å². The summed E-state index contributed by atoms with van der Waals surface area (Å²) in [6.45, 7) is 16.3. The van der Waals surface area contributed by atoms with E-state index >= 15 is 0 Å². The lowest BCUT2D eigenvalue weighted by atomic mass is 10.2. The molecule has 2 heterocycles. The predicted octanol–water partition coefficient (Wildman–Crippen LogP) is 4.04. The van der Waals surface area contributed by atoms with Gasteiger partial charge in [-0.2, -0.15) is 5.10 Å². The average molecular weight is 522 g/mol. The summed E-state index contributed by atoms with van der Waals surface area (Å²) < 4.78 is 19.2. The Hall–Kier alpha value is -2.63. The summed E-state index contributed by atoms with van der Waals surface area (Å²) in [5.74, 6) is -0.272. The van der Waals surface area contributed by atoms with Crippen LogP contribution in [-0.2, 0) is 14.0 Å². The number of amides is 1. The van der Waals surface area contributed by atoms with Gasteiger partial charge in [0.2, 0.25) is 0 Å². The molecule has 0 radical (unpaired) electrons. The molecule has 1 unspecified atom stereocenters. The van der Waals surface area contributed by atoms with Crippen molar-refractivity contribution < 1.29 is 33.7 Å². The minimum absolute atomic E-state index is 0.0147. The molecule has 10 nitrogen and oxygen atoms in total. The smallest absolute Gasteiger partial charge is 0.407 e. The predicted molar refractivity (Wildman–Crippen MR) is 138 cm³/mol. The Balaban J connectivity index is 1.77. The highest BCUT2D eigenvalue weighted by molar-refractivity contribution is 6.74. The lowest BCUT2D eigenvalue weighted by Gasteiger charge is -2.39. The van der Waals surface area contributed by atoms with Crippen molar-refractivity contribution in [3.63, 3.8) is 0 Å². The molecule has 11 heteroatoms. The van der Waals surface area contributed by atoms with E-state index in [1.807, 2.05) is 6.20 Å². The van der Waals surface area contributed by atoms with E-state index in [2.05, 4.69) is 39.0 Å². The van der Waals surface area contributed by atoms with Gasteiger partial charge in [-0.25, -0.2) is 9.59 Å². The van der Waals surface area contributed by atoms with Crippen LogP contribution in [0.3, 0.4) is 0 Å². The molecule has 36 heavy (non-hydrogen) atoms. The summed E-state index contributed by atoms with van der Waals surface area (Å²) in [6.07, 6.45) is -0.838. The van der Waals surface area contributed by atoms with E-state index in [4.69, 9.17) is 13.9 Å². The summed E-state index contributed by atoms with van der Waals surface area (Å²) in [5.41, 5.74) is 0.0173. The monoisotopic (exact) mass is 521 g/mol. The quantitative estimate of drug-likeness (QED) is 0.413. The van der Waals surface area contributed by atoms with Crippen LogP contribution < -0.4 is 4.74 Å². The Morgan fingerprint density at radius 1 is 1.17 bits per heavy atom. The highest BCUT2D eigenvalue weighted by Gasteiger charge is 2.45. The van der Waals surface area contributed by atoms with E-state index in [0.717, 1.165) is 10.9 Å². The van der Waals surface area contributed by atoms with Crippen LogP contribution in [0.5, 0.6) is 5.75 Å². The highest BCUT2D eigenvalue weighted by Crippen LogP contribution is 2.40. The van der Waals surface area contributed by atoms with Crippen LogP contribution >= 0.6 is 0 Å². The maximum absolute atomic E-state index is 12.0. The molecule has 0 bridgehead atoms. The molecule has 1 saturated heterocycles. The second kappa shape index (κ2) is 10.0. The normalized spacial score (nSPS) is 20.0. The van der Waals surface area contributed by atoms with Gasteiger partial charge >= 0.3 is 12.1 Å². The fourth-order valence-electron chi connectivity index (χ4n) is 3.73. The summed E-state index contributed by atoms with van der Waals surface area (Å²) in [5, 5.41) is 25.2. The Bertz CT molecular complexity index is 1100. The summed E-state index contributed by atoms with van der Waals surface area (Å²) >= 11 is 0. The van der Waals surface area contributed by atoms with Crippen molar-refractivity contribution in [2.75, 3.05) is 19.7 Å². The number of nitrogens with zero attached hydrogens (tertiary/aromatic N) is 3. The number of aliphatic hydroxyl groups is 1. The molecular formula is C25H39N3O7Si. The molecular weight excluding hydrogens is 482 g/mol. The molecule has 2 N–H and O–H groups in total. The molecule has 1 amide bonds. The molecule has 1 aromatic carbocycles. The minimum Gasteiger partial charge on any atom is -0.490 e. The first kappa shape index (κ1) is 27.9. The molecule has 0 saturated carbocycles. The van der Waals surface area contributed by atoms with Crippen molar-refractivity contribution in [3.05, 3.63) is 24.4 Å². The SMILES string of the molecule is CC(C)(C)OC(=O)C(O)COc1ccc2nn([C@@H]3CN(C(=O)O)C[C@@H]3O[Si](C)(C)C(C)(C)C)cc2c1. The lowest BCUT2D eigenvalue weighted by molar-refractivity contribution is -0.166. The van der Waals surface area contributed by atoms with Gasteiger partial charge in [-0.05, 0) is 57.1 Å². The van der Waals surface area contributed by atoms with E-state index in [0.29, 0.717) is 12.3 Å². The number of aliphatic hydroxyl groups excluding tert-OH is 1. The number of rotatable bonds is 7. The fraction of sp³-hybridized carbons (Fsp3) is 0.640. The van der Waals surface area contributed by atoms with Crippen LogP contribution in [0.25, 0.3) is 10.9 Å². The Morgan fingerprint density at radius 2 is 1.83 bits per heavy atom. The number of aromatic nitrogens is 2. The van der Waals surface area contributed by atoms with E-state index in [9.17, 15) is 19.8 Å². The first-order chi connectivity index (χ1) is 16.5. The second-order valence-electron chi connectivity index (χ2n) is 11.9. The van der Waals surface area contributed by atoms with Crippen LogP contribution in [0.1, 0.15) is 47.6 Å². The van der Waals surface area contributed by atoms with Crippen LogP contribution in [0, 0.1) is 0 Å². The summed E-state index contributed by atoms with van der Waals surface area (Å²) in [4.78, 5) is 25.1. The summed E-state index contributed by atoms with van der Waals surface area (Å²) in [6, 6.07) is 5.01. The van der Waals surface area contributed by atoms with Crippen molar-refractivity contribution in [3.8, 4) is 5.75 Å². The van der Waals surface area contributed by atoms with Crippen LogP contribution in [0.4, 0.5) is 4.79 Å². The number of fused-ring (bicyclic) bond motifs is 1. The van der Waals surface area contributed by atoms with E-state index in [-0.39, 0.29) is 30.3 Å².